The highest BCUT2D eigenvalue weighted by Crippen LogP contribution is 2.31. The average molecular weight is 272 g/mol. The fourth-order valence-electron chi connectivity index (χ4n) is 1.72. The number of hydrogen-bond donors (Lipinski definition) is 2. The van der Waals surface area contributed by atoms with Gasteiger partial charge in [-0.1, -0.05) is 0 Å². The molecule has 1 atom stereocenters. The lowest BCUT2D eigenvalue weighted by atomic mass is 10.1. The molecule has 1 rings (SSSR count). The Kier molecular flexibility index (Phi) is 6.59. The number of aliphatic hydroxyl groups excluding tert-OH is 2. The standard InChI is InChI=1S/C14H21FO4/c1-3-18-13-7-10(5-6-11(17)9-16)12(15)8-14(13)19-4-2/h7-8,11,16-17H,3-6,9H2,1-2H3. The molecule has 0 aromatic heterocycles. The van der Waals surface area contributed by atoms with Crippen LogP contribution in [0.25, 0.3) is 0 Å². The normalized spacial score (nSPS) is 12.3. The Morgan fingerprint density at radius 2 is 1.74 bits per heavy atom. The molecular weight excluding hydrogens is 251 g/mol. The lowest BCUT2D eigenvalue weighted by Crippen LogP contribution is -2.13. The summed E-state index contributed by atoms with van der Waals surface area (Å²) in [5, 5.41) is 18.0. The Balaban J connectivity index is 2.89. The van der Waals surface area contributed by atoms with Gasteiger partial charge in [0.15, 0.2) is 11.5 Å². The maximum Gasteiger partial charge on any atom is 0.164 e. The highest BCUT2D eigenvalue weighted by molar-refractivity contribution is 5.44. The van der Waals surface area contributed by atoms with Gasteiger partial charge in [0.2, 0.25) is 0 Å². The Labute approximate surface area is 112 Å². The van der Waals surface area contributed by atoms with E-state index in [1.807, 2.05) is 13.8 Å². The lowest BCUT2D eigenvalue weighted by Gasteiger charge is -2.14. The van der Waals surface area contributed by atoms with E-state index in [1.54, 1.807) is 6.07 Å². The molecule has 1 aromatic rings. The van der Waals surface area contributed by atoms with Crippen LogP contribution in [0.15, 0.2) is 12.1 Å². The molecule has 0 saturated heterocycles. The van der Waals surface area contributed by atoms with E-state index in [0.29, 0.717) is 43.1 Å². The number of hydrogen-bond acceptors (Lipinski definition) is 4. The summed E-state index contributed by atoms with van der Waals surface area (Å²) in [6.07, 6.45) is -0.200. The summed E-state index contributed by atoms with van der Waals surface area (Å²) in [5.74, 6) is 0.490. The van der Waals surface area contributed by atoms with Crippen LogP contribution in [0.1, 0.15) is 25.8 Å². The molecule has 0 saturated carbocycles. The van der Waals surface area contributed by atoms with Crippen LogP contribution in [0.4, 0.5) is 4.39 Å². The zero-order chi connectivity index (χ0) is 14.3. The minimum atomic E-state index is -0.832. The van der Waals surface area contributed by atoms with Gasteiger partial charge in [-0.3, -0.25) is 0 Å². The first-order valence-electron chi connectivity index (χ1n) is 6.49. The van der Waals surface area contributed by atoms with Crippen LogP contribution in [-0.2, 0) is 6.42 Å². The van der Waals surface area contributed by atoms with Gasteiger partial charge in [0.05, 0.1) is 25.9 Å². The highest BCUT2D eigenvalue weighted by atomic mass is 19.1. The van der Waals surface area contributed by atoms with Crippen molar-refractivity contribution in [3.05, 3.63) is 23.5 Å². The monoisotopic (exact) mass is 272 g/mol. The predicted octanol–water partition coefficient (Wildman–Crippen LogP) is 1.91. The van der Waals surface area contributed by atoms with Gasteiger partial charge in [-0.15, -0.1) is 0 Å². The van der Waals surface area contributed by atoms with Crippen molar-refractivity contribution in [1.29, 1.82) is 0 Å². The van der Waals surface area contributed by atoms with Crippen LogP contribution in [0.2, 0.25) is 0 Å². The zero-order valence-corrected chi connectivity index (χ0v) is 11.4. The van der Waals surface area contributed by atoms with Gasteiger partial charge in [0.1, 0.15) is 5.82 Å². The van der Waals surface area contributed by atoms with Crippen LogP contribution in [0, 0.1) is 5.82 Å². The molecule has 2 N–H and O–H groups in total. The van der Waals surface area contributed by atoms with Gasteiger partial charge < -0.3 is 19.7 Å². The van der Waals surface area contributed by atoms with Gasteiger partial charge >= 0.3 is 0 Å². The minimum Gasteiger partial charge on any atom is -0.490 e. The van der Waals surface area contributed by atoms with E-state index in [9.17, 15) is 9.50 Å². The quantitative estimate of drug-likeness (QED) is 0.759. The zero-order valence-electron chi connectivity index (χ0n) is 11.4. The predicted molar refractivity (Wildman–Crippen MR) is 70.2 cm³/mol. The summed E-state index contributed by atoms with van der Waals surface area (Å²) >= 11 is 0. The van der Waals surface area contributed by atoms with Gasteiger partial charge in [-0.25, -0.2) is 4.39 Å². The van der Waals surface area contributed by atoms with Crippen molar-refractivity contribution in [2.45, 2.75) is 32.8 Å². The molecular formula is C14H21FO4. The van der Waals surface area contributed by atoms with Crippen molar-refractivity contribution in [3.8, 4) is 11.5 Å². The lowest BCUT2D eigenvalue weighted by molar-refractivity contribution is 0.0884. The van der Waals surface area contributed by atoms with E-state index in [2.05, 4.69) is 0 Å². The number of aliphatic hydroxyl groups is 2. The summed E-state index contributed by atoms with van der Waals surface area (Å²) in [4.78, 5) is 0. The van der Waals surface area contributed by atoms with E-state index in [-0.39, 0.29) is 6.61 Å². The van der Waals surface area contributed by atoms with Crippen molar-refractivity contribution < 1.29 is 24.1 Å². The molecule has 4 nitrogen and oxygen atoms in total. The maximum atomic E-state index is 13.9. The fraction of sp³-hybridized carbons (Fsp3) is 0.571. The van der Waals surface area contributed by atoms with E-state index in [1.165, 1.54) is 6.07 Å². The first-order valence-corrected chi connectivity index (χ1v) is 6.49. The van der Waals surface area contributed by atoms with Crippen molar-refractivity contribution in [3.63, 3.8) is 0 Å². The fourth-order valence-corrected chi connectivity index (χ4v) is 1.72. The van der Waals surface area contributed by atoms with Gasteiger partial charge in [-0.05, 0) is 38.3 Å². The Morgan fingerprint density at radius 1 is 1.16 bits per heavy atom. The van der Waals surface area contributed by atoms with Gasteiger partial charge in [0, 0.05) is 6.07 Å². The molecule has 0 aliphatic heterocycles. The van der Waals surface area contributed by atoms with Crippen LogP contribution < -0.4 is 9.47 Å². The summed E-state index contributed by atoms with van der Waals surface area (Å²) in [5.41, 5.74) is 0.444. The first-order chi connectivity index (χ1) is 9.12. The topological polar surface area (TPSA) is 58.9 Å². The Hall–Kier alpha value is -1.33. The van der Waals surface area contributed by atoms with E-state index < -0.39 is 11.9 Å². The molecule has 108 valence electrons. The second-order valence-corrected chi connectivity index (χ2v) is 4.13. The Bertz CT molecular complexity index is 395. The van der Waals surface area contributed by atoms with Crippen molar-refractivity contribution in [1.82, 2.24) is 0 Å². The molecule has 0 radical (unpaired) electrons. The van der Waals surface area contributed by atoms with Crippen molar-refractivity contribution in [2.24, 2.45) is 0 Å². The smallest absolute Gasteiger partial charge is 0.164 e. The third-order valence-corrected chi connectivity index (χ3v) is 2.67. The third-order valence-electron chi connectivity index (χ3n) is 2.67. The van der Waals surface area contributed by atoms with Crippen LogP contribution in [0.3, 0.4) is 0 Å². The second kappa shape index (κ2) is 7.96. The molecule has 0 amide bonds. The number of rotatable bonds is 8. The van der Waals surface area contributed by atoms with E-state index in [4.69, 9.17) is 14.6 Å². The molecule has 0 fully saturated rings. The summed E-state index contributed by atoms with van der Waals surface area (Å²) in [6, 6.07) is 2.89. The minimum absolute atomic E-state index is 0.299. The molecule has 0 aliphatic carbocycles. The van der Waals surface area contributed by atoms with Crippen LogP contribution >= 0.6 is 0 Å². The number of ether oxygens (including phenoxy) is 2. The van der Waals surface area contributed by atoms with Crippen LogP contribution in [0.5, 0.6) is 11.5 Å². The average Bonchev–Trinajstić information content (AvgIpc) is 2.40. The maximum absolute atomic E-state index is 13.9. The first kappa shape index (κ1) is 15.7. The number of halogens is 1. The molecule has 1 aromatic carbocycles. The van der Waals surface area contributed by atoms with E-state index >= 15 is 0 Å². The van der Waals surface area contributed by atoms with Crippen LogP contribution in [-0.4, -0.2) is 36.1 Å². The van der Waals surface area contributed by atoms with Crippen molar-refractivity contribution >= 4 is 0 Å². The number of aryl methyl sites for hydroxylation is 1. The SMILES string of the molecule is CCOc1cc(F)c(CCC(O)CO)cc1OCC. The summed E-state index contributed by atoms with van der Waals surface area (Å²) < 4.78 is 24.6. The molecule has 5 heteroatoms. The summed E-state index contributed by atoms with van der Waals surface area (Å²) in [6.45, 7) is 4.23. The molecule has 0 spiro atoms. The molecule has 0 heterocycles. The van der Waals surface area contributed by atoms with Crippen molar-refractivity contribution in [2.75, 3.05) is 19.8 Å². The second-order valence-electron chi connectivity index (χ2n) is 4.13. The number of benzene rings is 1. The molecule has 0 bridgehead atoms. The van der Waals surface area contributed by atoms with Gasteiger partial charge in [-0.2, -0.15) is 0 Å². The third kappa shape index (κ3) is 4.69. The largest absolute Gasteiger partial charge is 0.490 e. The van der Waals surface area contributed by atoms with Gasteiger partial charge in [0.25, 0.3) is 0 Å². The summed E-state index contributed by atoms with van der Waals surface area (Å²) in [7, 11) is 0. The van der Waals surface area contributed by atoms with E-state index in [0.717, 1.165) is 0 Å². The Morgan fingerprint density at radius 3 is 2.26 bits per heavy atom. The highest BCUT2D eigenvalue weighted by Gasteiger charge is 2.13. The molecule has 19 heavy (non-hydrogen) atoms. The molecule has 1 unspecified atom stereocenters. The molecule has 0 aliphatic rings.